The minimum atomic E-state index is -0.208. The van der Waals surface area contributed by atoms with E-state index in [0.717, 1.165) is 27.4 Å². The van der Waals surface area contributed by atoms with Crippen LogP contribution >= 0.6 is 11.8 Å². The molecule has 1 aliphatic rings. The number of hydrogen-bond donors (Lipinski definition) is 1. The predicted octanol–water partition coefficient (Wildman–Crippen LogP) is 5.20. The van der Waals surface area contributed by atoms with Gasteiger partial charge in [0.2, 0.25) is 11.8 Å². The zero-order valence-electron chi connectivity index (χ0n) is 16.2. The second-order valence-electron chi connectivity index (χ2n) is 7.08. The van der Waals surface area contributed by atoms with E-state index in [9.17, 15) is 9.59 Å². The van der Waals surface area contributed by atoms with E-state index in [0.29, 0.717) is 6.42 Å². The Bertz CT molecular complexity index is 1020. The van der Waals surface area contributed by atoms with Crippen molar-refractivity contribution < 1.29 is 9.59 Å². The lowest BCUT2D eigenvalue weighted by molar-refractivity contribution is -0.121. The Balaban J connectivity index is 1.57. The molecule has 4 nitrogen and oxygen atoms in total. The van der Waals surface area contributed by atoms with E-state index >= 15 is 0 Å². The van der Waals surface area contributed by atoms with Gasteiger partial charge in [-0.1, -0.05) is 60.2 Å². The summed E-state index contributed by atoms with van der Waals surface area (Å²) in [7, 11) is 0. The van der Waals surface area contributed by atoms with Crippen LogP contribution in [0.1, 0.15) is 22.8 Å². The normalized spacial score (nSPS) is 16.1. The molecule has 0 aromatic heterocycles. The molecule has 1 atom stereocenters. The zero-order valence-corrected chi connectivity index (χ0v) is 17.0. The molecule has 0 radical (unpaired) electrons. The largest absolute Gasteiger partial charge is 0.325 e. The van der Waals surface area contributed by atoms with Crippen LogP contribution in [0.5, 0.6) is 0 Å². The van der Waals surface area contributed by atoms with E-state index in [-0.39, 0.29) is 23.6 Å². The molecule has 3 aromatic carbocycles. The summed E-state index contributed by atoms with van der Waals surface area (Å²) in [6.45, 7) is 1.99. The van der Waals surface area contributed by atoms with Crippen molar-refractivity contribution in [1.82, 2.24) is 0 Å². The summed E-state index contributed by atoms with van der Waals surface area (Å²) < 4.78 is 0. The molecule has 2 amide bonds. The second-order valence-corrected chi connectivity index (χ2v) is 8.33. The average Bonchev–Trinajstić information content (AvgIpc) is 2.87. The Labute approximate surface area is 174 Å². The Morgan fingerprint density at radius 3 is 2.45 bits per heavy atom. The van der Waals surface area contributed by atoms with E-state index in [2.05, 4.69) is 5.32 Å². The van der Waals surface area contributed by atoms with Gasteiger partial charge in [-0.2, -0.15) is 0 Å². The number of carbonyl (C=O) groups is 2. The van der Waals surface area contributed by atoms with Crippen molar-refractivity contribution in [3.8, 4) is 0 Å². The van der Waals surface area contributed by atoms with Gasteiger partial charge in [-0.15, -0.1) is 11.8 Å². The first-order chi connectivity index (χ1) is 14.1. The van der Waals surface area contributed by atoms with Crippen molar-refractivity contribution >= 4 is 35.0 Å². The summed E-state index contributed by atoms with van der Waals surface area (Å²) >= 11 is 1.68. The number of fused-ring (bicyclic) bond motifs is 1. The average molecular weight is 403 g/mol. The maximum Gasteiger partial charge on any atom is 0.244 e. The topological polar surface area (TPSA) is 49.4 Å². The van der Waals surface area contributed by atoms with Crippen LogP contribution in [0.25, 0.3) is 0 Å². The minimum absolute atomic E-state index is 0.00814. The quantitative estimate of drug-likeness (QED) is 0.652. The minimum Gasteiger partial charge on any atom is -0.325 e. The van der Waals surface area contributed by atoms with Gasteiger partial charge in [0.25, 0.3) is 0 Å². The summed E-state index contributed by atoms with van der Waals surface area (Å²) in [6.07, 6.45) is 0.348. The number of carbonyl (C=O) groups excluding carboxylic acids is 2. The van der Waals surface area contributed by atoms with E-state index in [1.54, 1.807) is 16.7 Å². The summed E-state index contributed by atoms with van der Waals surface area (Å²) in [5.41, 5.74) is 3.77. The molecule has 146 valence electrons. The third kappa shape index (κ3) is 4.51. The number of amides is 2. The number of aryl methyl sites for hydroxylation is 1. The second kappa shape index (κ2) is 8.53. The van der Waals surface area contributed by atoms with Crippen LogP contribution in [-0.4, -0.2) is 18.4 Å². The first-order valence-corrected chi connectivity index (χ1v) is 10.5. The Morgan fingerprint density at radius 1 is 1.00 bits per heavy atom. The Kier molecular flexibility index (Phi) is 5.67. The number of rotatable bonds is 4. The summed E-state index contributed by atoms with van der Waals surface area (Å²) in [4.78, 5) is 28.4. The molecule has 4 rings (SSSR count). The predicted molar refractivity (Wildman–Crippen MR) is 118 cm³/mol. The first kappa shape index (κ1) is 19.3. The fourth-order valence-electron chi connectivity index (χ4n) is 3.39. The van der Waals surface area contributed by atoms with E-state index < -0.39 is 0 Å². The van der Waals surface area contributed by atoms with Crippen molar-refractivity contribution in [3.05, 3.63) is 90.0 Å². The van der Waals surface area contributed by atoms with Crippen molar-refractivity contribution in [2.24, 2.45) is 0 Å². The van der Waals surface area contributed by atoms with Crippen LogP contribution in [0.2, 0.25) is 0 Å². The Morgan fingerprint density at radius 2 is 1.69 bits per heavy atom. The van der Waals surface area contributed by atoms with Gasteiger partial charge in [0.05, 0.1) is 5.69 Å². The molecule has 0 bridgehead atoms. The lowest BCUT2D eigenvalue weighted by Gasteiger charge is -2.22. The number of benzene rings is 3. The van der Waals surface area contributed by atoms with E-state index in [1.807, 2.05) is 85.8 Å². The molecule has 1 aliphatic heterocycles. The Hall–Kier alpha value is -3.05. The number of anilines is 2. The maximum absolute atomic E-state index is 13.1. The van der Waals surface area contributed by atoms with Crippen molar-refractivity contribution in [3.63, 3.8) is 0 Å². The third-order valence-corrected chi connectivity index (χ3v) is 6.22. The highest BCUT2D eigenvalue weighted by molar-refractivity contribution is 7.99. The smallest absolute Gasteiger partial charge is 0.244 e. The standard InChI is InChI=1S/C24H22N2O2S/c1-17-11-13-19(14-12-17)25-23(27)16-26-20-9-5-6-10-21(20)29-22(15-24(26)28)18-7-3-2-4-8-18/h2-14,22H,15-16H2,1H3,(H,25,27)/t22-/m0/s1. The maximum atomic E-state index is 13.1. The SMILES string of the molecule is Cc1ccc(NC(=O)CN2C(=O)C[C@@H](c3ccccc3)Sc3ccccc32)cc1. The monoisotopic (exact) mass is 402 g/mol. The molecule has 0 saturated heterocycles. The van der Waals surface area contributed by atoms with Gasteiger partial charge >= 0.3 is 0 Å². The van der Waals surface area contributed by atoms with E-state index in [4.69, 9.17) is 0 Å². The first-order valence-electron chi connectivity index (χ1n) is 9.57. The summed E-state index contributed by atoms with van der Waals surface area (Å²) in [5, 5.41) is 2.91. The van der Waals surface area contributed by atoms with Gasteiger partial charge in [-0.25, -0.2) is 0 Å². The molecule has 0 unspecified atom stereocenters. The zero-order chi connectivity index (χ0) is 20.2. The molecule has 3 aromatic rings. The van der Waals surface area contributed by atoms with E-state index in [1.165, 1.54) is 0 Å². The molecule has 0 spiro atoms. The molecule has 0 fully saturated rings. The third-order valence-electron chi connectivity index (χ3n) is 4.89. The lowest BCUT2D eigenvalue weighted by atomic mass is 10.1. The molecular weight excluding hydrogens is 380 g/mol. The van der Waals surface area contributed by atoms with Crippen molar-refractivity contribution in [1.29, 1.82) is 0 Å². The molecule has 1 N–H and O–H groups in total. The van der Waals surface area contributed by atoms with Crippen LogP contribution in [-0.2, 0) is 9.59 Å². The van der Waals surface area contributed by atoms with Crippen molar-refractivity contribution in [2.45, 2.75) is 23.5 Å². The highest BCUT2D eigenvalue weighted by atomic mass is 32.2. The van der Waals surface area contributed by atoms with Crippen LogP contribution in [0.15, 0.2) is 83.8 Å². The highest BCUT2D eigenvalue weighted by Crippen LogP contribution is 2.45. The van der Waals surface area contributed by atoms with Crippen LogP contribution in [0, 0.1) is 6.92 Å². The highest BCUT2D eigenvalue weighted by Gasteiger charge is 2.30. The van der Waals surface area contributed by atoms with Crippen LogP contribution < -0.4 is 10.2 Å². The summed E-state index contributed by atoms with van der Waals surface area (Å²) in [5.74, 6) is -0.254. The number of para-hydroxylation sites is 1. The van der Waals surface area contributed by atoms with Gasteiger partial charge in [-0.3, -0.25) is 9.59 Å². The number of nitrogens with one attached hydrogen (secondary N) is 1. The number of hydrogen-bond acceptors (Lipinski definition) is 3. The number of nitrogens with zero attached hydrogens (tertiary/aromatic N) is 1. The van der Waals surface area contributed by atoms with Crippen LogP contribution in [0.4, 0.5) is 11.4 Å². The molecule has 29 heavy (non-hydrogen) atoms. The molecule has 1 heterocycles. The summed E-state index contributed by atoms with van der Waals surface area (Å²) in [6, 6.07) is 25.5. The fourth-order valence-corrected chi connectivity index (χ4v) is 4.67. The van der Waals surface area contributed by atoms with Gasteiger partial charge in [-0.05, 0) is 36.8 Å². The fraction of sp³-hybridized carbons (Fsp3) is 0.167. The van der Waals surface area contributed by atoms with Crippen LogP contribution in [0.3, 0.4) is 0 Å². The van der Waals surface area contributed by atoms with Gasteiger partial charge in [0.15, 0.2) is 0 Å². The van der Waals surface area contributed by atoms with Crippen molar-refractivity contribution in [2.75, 3.05) is 16.8 Å². The van der Waals surface area contributed by atoms with Gasteiger partial charge in [0.1, 0.15) is 6.54 Å². The van der Waals surface area contributed by atoms with Gasteiger partial charge in [0, 0.05) is 22.3 Å². The molecular formula is C24H22N2O2S. The lowest BCUT2D eigenvalue weighted by Crippen LogP contribution is -2.38. The molecule has 0 saturated carbocycles. The molecule has 5 heteroatoms. The molecule has 0 aliphatic carbocycles. The van der Waals surface area contributed by atoms with Gasteiger partial charge < -0.3 is 10.2 Å². The number of thioether (sulfide) groups is 1.